The predicted molar refractivity (Wildman–Crippen MR) is 82.2 cm³/mol. The molecule has 1 atom stereocenters. The number of hydrogen-bond acceptors (Lipinski definition) is 2. The fraction of sp³-hybridized carbons (Fsp3) is 0.647. The lowest BCUT2D eigenvalue weighted by Crippen LogP contribution is -2.45. The maximum absolute atomic E-state index is 6.03. The largest absolute Gasteiger partial charge is 0.329 e. The van der Waals surface area contributed by atoms with Gasteiger partial charge in [-0.2, -0.15) is 0 Å². The van der Waals surface area contributed by atoms with Gasteiger partial charge < -0.3 is 5.73 Å². The lowest BCUT2D eigenvalue weighted by molar-refractivity contribution is 0.160. The Kier molecular flexibility index (Phi) is 5.87. The van der Waals surface area contributed by atoms with Crippen LogP contribution in [0.15, 0.2) is 30.3 Å². The Morgan fingerprint density at radius 3 is 2.32 bits per heavy atom. The molecule has 1 fully saturated rings. The first-order valence-corrected chi connectivity index (χ1v) is 7.77. The van der Waals surface area contributed by atoms with Crippen LogP contribution >= 0.6 is 0 Å². The van der Waals surface area contributed by atoms with Gasteiger partial charge in [0.1, 0.15) is 0 Å². The number of nitrogens with zero attached hydrogens (tertiary/aromatic N) is 1. The number of likely N-dealkylation sites (N-methyl/N-ethyl adjacent to an activating group) is 1. The van der Waals surface area contributed by atoms with Crippen LogP contribution in [-0.4, -0.2) is 30.6 Å². The zero-order chi connectivity index (χ0) is 13.5. The van der Waals surface area contributed by atoms with Gasteiger partial charge in [0.05, 0.1) is 0 Å². The van der Waals surface area contributed by atoms with Gasteiger partial charge in [-0.05, 0) is 31.9 Å². The van der Waals surface area contributed by atoms with Gasteiger partial charge in [-0.15, -0.1) is 0 Å². The first-order valence-electron chi connectivity index (χ1n) is 7.77. The fourth-order valence-corrected chi connectivity index (χ4v) is 3.24. The molecule has 2 nitrogen and oxygen atoms in total. The van der Waals surface area contributed by atoms with Crippen LogP contribution in [0.1, 0.15) is 44.1 Å². The van der Waals surface area contributed by atoms with Crippen LogP contribution in [0.3, 0.4) is 0 Å². The van der Waals surface area contributed by atoms with Crippen molar-refractivity contribution in [2.45, 2.75) is 57.0 Å². The minimum Gasteiger partial charge on any atom is -0.329 e. The summed E-state index contributed by atoms with van der Waals surface area (Å²) in [7, 11) is 2.27. The Morgan fingerprint density at radius 2 is 1.74 bits per heavy atom. The molecule has 0 aromatic heterocycles. The molecule has 2 heteroatoms. The number of benzene rings is 1. The molecular formula is C17H28N2. The van der Waals surface area contributed by atoms with Crippen LogP contribution < -0.4 is 5.73 Å². The zero-order valence-corrected chi connectivity index (χ0v) is 12.2. The van der Waals surface area contributed by atoms with E-state index in [0.29, 0.717) is 6.04 Å². The third-order valence-corrected chi connectivity index (χ3v) is 4.56. The van der Waals surface area contributed by atoms with E-state index in [-0.39, 0.29) is 0 Å². The van der Waals surface area contributed by atoms with E-state index >= 15 is 0 Å². The highest BCUT2D eigenvalue weighted by molar-refractivity contribution is 5.16. The van der Waals surface area contributed by atoms with Gasteiger partial charge >= 0.3 is 0 Å². The molecule has 0 spiro atoms. The number of hydrogen-bond donors (Lipinski definition) is 1. The summed E-state index contributed by atoms with van der Waals surface area (Å²) in [4.78, 5) is 2.55. The Bertz CT molecular complexity index is 342. The van der Waals surface area contributed by atoms with Gasteiger partial charge in [-0.25, -0.2) is 0 Å². The standard InChI is InChI=1S/C17H28N2/c1-19(16-11-7-2-3-8-12-16)17(14-18)13-15-9-5-4-6-10-15/h4-6,9-10,16-17H,2-3,7-8,11-14,18H2,1H3. The molecule has 2 N–H and O–H groups in total. The lowest BCUT2D eigenvalue weighted by Gasteiger charge is -2.34. The van der Waals surface area contributed by atoms with E-state index in [1.165, 1.54) is 44.1 Å². The minimum absolute atomic E-state index is 0.477. The van der Waals surface area contributed by atoms with Crippen molar-refractivity contribution in [2.24, 2.45) is 5.73 Å². The molecule has 1 aromatic rings. The van der Waals surface area contributed by atoms with Crippen molar-refractivity contribution >= 4 is 0 Å². The average molecular weight is 260 g/mol. The van der Waals surface area contributed by atoms with E-state index in [4.69, 9.17) is 5.73 Å². The van der Waals surface area contributed by atoms with Crippen molar-refractivity contribution in [3.8, 4) is 0 Å². The average Bonchev–Trinajstić information content (AvgIpc) is 2.74. The van der Waals surface area contributed by atoms with Crippen molar-refractivity contribution in [1.29, 1.82) is 0 Å². The normalized spacial score (nSPS) is 19.3. The van der Waals surface area contributed by atoms with E-state index in [9.17, 15) is 0 Å². The molecular weight excluding hydrogens is 232 g/mol. The Morgan fingerprint density at radius 1 is 1.11 bits per heavy atom. The quantitative estimate of drug-likeness (QED) is 0.824. The molecule has 1 aliphatic rings. The summed E-state index contributed by atoms with van der Waals surface area (Å²) in [6.07, 6.45) is 9.37. The summed E-state index contributed by atoms with van der Waals surface area (Å²) in [5.41, 5.74) is 7.43. The monoisotopic (exact) mass is 260 g/mol. The summed E-state index contributed by atoms with van der Waals surface area (Å²) < 4.78 is 0. The maximum Gasteiger partial charge on any atom is 0.0258 e. The summed E-state index contributed by atoms with van der Waals surface area (Å²) in [5.74, 6) is 0. The topological polar surface area (TPSA) is 29.3 Å². The Labute approximate surface area is 118 Å². The smallest absolute Gasteiger partial charge is 0.0258 e. The van der Waals surface area contributed by atoms with Crippen LogP contribution in [-0.2, 0) is 6.42 Å². The molecule has 0 saturated heterocycles. The molecule has 19 heavy (non-hydrogen) atoms. The van der Waals surface area contributed by atoms with Gasteiger partial charge in [0.2, 0.25) is 0 Å². The molecule has 0 heterocycles. The Balaban J connectivity index is 1.95. The molecule has 1 unspecified atom stereocenters. The summed E-state index contributed by atoms with van der Waals surface area (Å²) in [5, 5.41) is 0. The van der Waals surface area contributed by atoms with Gasteiger partial charge in [-0.3, -0.25) is 4.90 Å². The molecule has 0 bridgehead atoms. The van der Waals surface area contributed by atoms with Crippen molar-refractivity contribution in [3.63, 3.8) is 0 Å². The third-order valence-electron chi connectivity index (χ3n) is 4.56. The van der Waals surface area contributed by atoms with E-state index in [1.807, 2.05) is 0 Å². The molecule has 1 saturated carbocycles. The first-order chi connectivity index (χ1) is 9.31. The van der Waals surface area contributed by atoms with Crippen molar-refractivity contribution in [3.05, 3.63) is 35.9 Å². The van der Waals surface area contributed by atoms with E-state index in [2.05, 4.69) is 42.3 Å². The van der Waals surface area contributed by atoms with Crippen LogP contribution in [0.2, 0.25) is 0 Å². The molecule has 0 amide bonds. The molecule has 2 rings (SSSR count). The lowest BCUT2D eigenvalue weighted by atomic mass is 10.0. The summed E-state index contributed by atoms with van der Waals surface area (Å²) in [6, 6.07) is 12.0. The highest BCUT2D eigenvalue weighted by Crippen LogP contribution is 2.23. The van der Waals surface area contributed by atoms with Crippen LogP contribution in [0.25, 0.3) is 0 Å². The third kappa shape index (κ3) is 4.32. The van der Waals surface area contributed by atoms with E-state index in [0.717, 1.165) is 19.0 Å². The van der Waals surface area contributed by atoms with Crippen molar-refractivity contribution < 1.29 is 0 Å². The van der Waals surface area contributed by atoms with Gasteiger partial charge in [0.25, 0.3) is 0 Å². The summed E-state index contributed by atoms with van der Waals surface area (Å²) >= 11 is 0. The van der Waals surface area contributed by atoms with Gasteiger partial charge in [-0.1, -0.05) is 56.0 Å². The molecule has 1 aliphatic carbocycles. The summed E-state index contributed by atoms with van der Waals surface area (Å²) in [6.45, 7) is 0.752. The maximum atomic E-state index is 6.03. The fourth-order valence-electron chi connectivity index (χ4n) is 3.24. The number of rotatable bonds is 5. The highest BCUT2D eigenvalue weighted by Gasteiger charge is 2.22. The van der Waals surface area contributed by atoms with Crippen LogP contribution in [0.4, 0.5) is 0 Å². The highest BCUT2D eigenvalue weighted by atomic mass is 15.2. The van der Waals surface area contributed by atoms with Crippen molar-refractivity contribution in [1.82, 2.24) is 4.90 Å². The first kappa shape index (κ1) is 14.5. The minimum atomic E-state index is 0.477. The molecule has 1 aromatic carbocycles. The Hall–Kier alpha value is -0.860. The van der Waals surface area contributed by atoms with Gasteiger partial charge in [0.15, 0.2) is 0 Å². The van der Waals surface area contributed by atoms with Crippen LogP contribution in [0, 0.1) is 0 Å². The van der Waals surface area contributed by atoms with Crippen LogP contribution in [0.5, 0.6) is 0 Å². The van der Waals surface area contributed by atoms with Crippen molar-refractivity contribution in [2.75, 3.05) is 13.6 Å². The molecule has 106 valence electrons. The SMILES string of the molecule is CN(C1CCCCCC1)C(CN)Cc1ccccc1. The molecule has 0 radical (unpaired) electrons. The zero-order valence-electron chi connectivity index (χ0n) is 12.2. The second kappa shape index (κ2) is 7.66. The number of nitrogens with two attached hydrogens (primary N) is 1. The van der Waals surface area contributed by atoms with E-state index < -0.39 is 0 Å². The second-order valence-corrected chi connectivity index (χ2v) is 5.89. The van der Waals surface area contributed by atoms with E-state index in [1.54, 1.807) is 0 Å². The molecule has 0 aliphatic heterocycles. The second-order valence-electron chi connectivity index (χ2n) is 5.89. The van der Waals surface area contributed by atoms with Gasteiger partial charge in [0, 0.05) is 18.6 Å². The predicted octanol–water partition coefficient (Wildman–Crippen LogP) is 3.21.